The lowest BCUT2D eigenvalue weighted by Gasteiger charge is -2.12. The van der Waals surface area contributed by atoms with E-state index >= 15 is 0 Å². The quantitative estimate of drug-likeness (QED) is 0.349. The molecule has 0 aliphatic heterocycles. The second-order valence-electron chi connectivity index (χ2n) is 7.58. The number of rotatable bonds is 10. The Morgan fingerprint density at radius 3 is 2.57 bits per heavy atom. The van der Waals surface area contributed by atoms with Crippen LogP contribution in [0.1, 0.15) is 36.0 Å². The fourth-order valence-electron chi connectivity index (χ4n) is 3.14. The van der Waals surface area contributed by atoms with E-state index < -0.39 is 15.9 Å². The molecule has 1 amide bonds. The summed E-state index contributed by atoms with van der Waals surface area (Å²) < 4.78 is 33.8. The summed E-state index contributed by atoms with van der Waals surface area (Å²) in [5.74, 6) is 0.468. The molecule has 0 radical (unpaired) electrons. The number of ether oxygens (including phenoxy) is 1. The number of benzene rings is 2. The molecule has 0 saturated heterocycles. The predicted octanol–water partition coefficient (Wildman–Crippen LogP) is 5.47. The highest BCUT2D eigenvalue weighted by molar-refractivity contribution is 7.93. The molecule has 0 aliphatic rings. The first-order valence-corrected chi connectivity index (χ1v) is 13.1. The van der Waals surface area contributed by atoms with Gasteiger partial charge in [-0.3, -0.25) is 4.79 Å². The molecule has 2 aromatic carbocycles. The van der Waals surface area contributed by atoms with Crippen molar-refractivity contribution in [2.24, 2.45) is 0 Å². The third-order valence-corrected chi connectivity index (χ3v) is 6.46. The largest absolute Gasteiger partial charge is 0.494 e. The van der Waals surface area contributed by atoms with E-state index in [1.165, 1.54) is 12.2 Å². The van der Waals surface area contributed by atoms with Gasteiger partial charge in [0.15, 0.2) is 5.15 Å². The van der Waals surface area contributed by atoms with E-state index in [4.69, 9.17) is 27.9 Å². The van der Waals surface area contributed by atoms with Gasteiger partial charge in [-0.2, -0.15) is 0 Å². The lowest BCUT2D eigenvalue weighted by Crippen LogP contribution is -2.26. The second-order valence-corrected chi connectivity index (χ2v) is 9.91. The average molecular weight is 534 g/mol. The first kappa shape index (κ1) is 26.5. The number of carbonyl (C=O) groups excluding carboxylic acids is 1. The van der Waals surface area contributed by atoms with E-state index in [0.29, 0.717) is 41.0 Å². The van der Waals surface area contributed by atoms with Crippen molar-refractivity contribution in [2.45, 2.75) is 26.8 Å². The van der Waals surface area contributed by atoms with Gasteiger partial charge in [-0.1, -0.05) is 66.5 Å². The topological polar surface area (TPSA) is 90.3 Å². The number of carbonyl (C=O) groups is 1. The van der Waals surface area contributed by atoms with Crippen LogP contribution in [-0.4, -0.2) is 30.5 Å². The lowest BCUT2D eigenvalue weighted by atomic mass is 10.2. The highest BCUT2D eigenvalue weighted by Crippen LogP contribution is 2.26. The molecule has 184 valence electrons. The molecule has 7 nitrogen and oxygen atoms in total. The maximum atomic E-state index is 12.3. The van der Waals surface area contributed by atoms with E-state index in [0.717, 1.165) is 23.5 Å². The van der Waals surface area contributed by atoms with Crippen molar-refractivity contribution in [3.63, 3.8) is 0 Å². The molecule has 3 rings (SSSR count). The third kappa shape index (κ3) is 7.71. The maximum absolute atomic E-state index is 12.3. The number of amides is 1. The molecule has 1 N–H and O–H groups in total. The summed E-state index contributed by atoms with van der Waals surface area (Å²) in [5.41, 5.74) is 1.94. The Labute approximate surface area is 215 Å². The predicted molar refractivity (Wildman–Crippen MR) is 140 cm³/mol. The fraction of sp³-hybridized carbons (Fsp3) is 0.200. The molecule has 0 bridgehead atoms. The summed E-state index contributed by atoms with van der Waals surface area (Å²) >= 11 is 12.7. The Hall–Kier alpha value is -3.07. The van der Waals surface area contributed by atoms with Crippen LogP contribution in [0.5, 0.6) is 5.75 Å². The summed E-state index contributed by atoms with van der Waals surface area (Å²) in [5, 5.41) is 1.63. The summed E-state index contributed by atoms with van der Waals surface area (Å²) in [4.78, 5) is 16.5. The summed E-state index contributed by atoms with van der Waals surface area (Å²) in [6, 6.07) is 14.3. The Balaban J connectivity index is 1.73. The third-order valence-electron chi connectivity index (χ3n) is 4.85. The van der Waals surface area contributed by atoms with Crippen molar-refractivity contribution in [3.05, 3.63) is 92.8 Å². The summed E-state index contributed by atoms with van der Waals surface area (Å²) in [7, 11) is -3.98. The highest BCUT2D eigenvalue weighted by atomic mass is 35.5. The minimum absolute atomic E-state index is 0.178. The first-order chi connectivity index (χ1) is 16.7. The van der Waals surface area contributed by atoms with Crippen LogP contribution in [0.15, 0.2) is 60.0 Å². The minimum atomic E-state index is -3.98. The number of hydrogen-bond donors (Lipinski definition) is 1. The van der Waals surface area contributed by atoms with Gasteiger partial charge in [0.2, 0.25) is 0 Å². The van der Waals surface area contributed by atoms with Gasteiger partial charge in [0.25, 0.3) is 15.9 Å². The van der Waals surface area contributed by atoms with Crippen LogP contribution >= 0.6 is 23.2 Å². The van der Waals surface area contributed by atoms with E-state index in [1.54, 1.807) is 41.8 Å². The van der Waals surface area contributed by atoms with Gasteiger partial charge in [0.1, 0.15) is 11.6 Å². The second kappa shape index (κ2) is 12.1. The maximum Gasteiger partial charge on any atom is 0.257 e. The van der Waals surface area contributed by atoms with Crippen molar-refractivity contribution in [3.8, 4) is 5.75 Å². The fourth-order valence-corrected chi connectivity index (χ4v) is 4.41. The number of aryl methyl sites for hydroxylation is 1. The molecule has 0 saturated carbocycles. The molecule has 0 atom stereocenters. The molecule has 0 spiro atoms. The summed E-state index contributed by atoms with van der Waals surface area (Å²) in [6.07, 6.45) is 4.80. The monoisotopic (exact) mass is 533 g/mol. The van der Waals surface area contributed by atoms with E-state index in [1.807, 2.05) is 29.8 Å². The van der Waals surface area contributed by atoms with Gasteiger partial charge in [-0.05, 0) is 48.8 Å². The standard InChI is InChI=1S/C25H25Cl2N3O4S/c1-3-14-34-21-10-9-20(22(26)16-21)17-30-18(2)28-25(27)23(30)11-12-24(31)29-35(32,33)15-13-19-7-5-4-6-8-19/h4-13,15-16H,3,14,17H2,1-2H3,(H,29,31). The summed E-state index contributed by atoms with van der Waals surface area (Å²) in [6.45, 7) is 4.74. The molecular formula is C25H25Cl2N3O4S. The van der Waals surface area contributed by atoms with Crippen LogP contribution in [0, 0.1) is 6.92 Å². The van der Waals surface area contributed by atoms with E-state index in [9.17, 15) is 13.2 Å². The van der Waals surface area contributed by atoms with Crippen LogP contribution in [0.3, 0.4) is 0 Å². The molecule has 35 heavy (non-hydrogen) atoms. The van der Waals surface area contributed by atoms with Crippen LogP contribution in [0.4, 0.5) is 0 Å². The number of nitrogens with one attached hydrogen (secondary N) is 1. The molecule has 1 heterocycles. The first-order valence-electron chi connectivity index (χ1n) is 10.8. The van der Waals surface area contributed by atoms with Crippen molar-refractivity contribution in [1.29, 1.82) is 0 Å². The normalized spacial score (nSPS) is 11.9. The number of aromatic nitrogens is 2. The van der Waals surface area contributed by atoms with Crippen molar-refractivity contribution in [2.75, 3.05) is 6.61 Å². The minimum Gasteiger partial charge on any atom is -0.494 e. The van der Waals surface area contributed by atoms with Crippen LogP contribution < -0.4 is 9.46 Å². The number of halogens is 2. The lowest BCUT2D eigenvalue weighted by molar-refractivity contribution is -0.114. The van der Waals surface area contributed by atoms with Crippen molar-refractivity contribution < 1.29 is 17.9 Å². The molecule has 10 heteroatoms. The number of imidazole rings is 1. The van der Waals surface area contributed by atoms with E-state index in [-0.39, 0.29) is 5.15 Å². The molecule has 3 aromatic rings. The van der Waals surface area contributed by atoms with Gasteiger partial charge in [0.05, 0.1) is 24.3 Å². The molecule has 0 unspecified atom stereocenters. The van der Waals surface area contributed by atoms with E-state index in [2.05, 4.69) is 4.98 Å². The molecule has 1 aromatic heterocycles. The van der Waals surface area contributed by atoms with Crippen LogP contribution in [-0.2, 0) is 21.4 Å². The zero-order chi connectivity index (χ0) is 25.4. The van der Waals surface area contributed by atoms with Gasteiger partial charge < -0.3 is 9.30 Å². The Morgan fingerprint density at radius 1 is 1.14 bits per heavy atom. The molecular weight excluding hydrogens is 509 g/mol. The van der Waals surface area contributed by atoms with Crippen molar-refractivity contribution >= 4 is 51.3 Å². The van der Waals surface area contributed by atoms with Gasteiger partial charge in [0, 0.05) is 11.1 Å². The zero-order valence-corrected chi connectivity index (χ0v) is 21.6. The highest BCUT2D eigenvalue weighted by Gasteiger charge is 2.15. The van der Waals surface area contributed by atoms with Gasteiger partial charge in [-0.25, -0.2) is 18.1 Å². The van der Waals surface area contributed by atoms with Crippen LogP contribution in [0.2, 0.25) is 10.2 Å². The number of hydrogen-bond acceptors (Lipinski definition) is 5. The Bertz CT molecular complexity index is 1350. The molecule has 0 fully saturated rings. The van der Waals surface area contributed by atoms with Crippen molar-refractivity contribution in [1.82, 2.24) is 14.3 Å². The Kier molecular flexibility index (Phi) is 9.14. The number of nitrogens with zero attached hydrogens (tertiary/aromatic N) is 2. The van der Waals surface area contributed by atoms with Gasteiger partial charge in [-0.15, -0.1) is 0 Å². The SMILES string of the molecule is CCCOc1ccc(Cn2c(C)nc(Cl)c2C=CC(=O)NS(=O)(=O)C=Cc2ccccc2)c(Cl)c1. The number of sulfonamides is 1. The molecule has 0 aliphatic carbocycles. The average Bonchev–Trinajstić information content (AvgIpc) is 3.08. The smallest absolute Gasteiger partial charge is 0.257 e. The van der Waals surface area contributed by atoms with Crippen LogP contribution in [0.25, 0.3) is 12.2 Å². The van der Waals surface area contributed by atoms with Gasteiger partial charge >= 0.3 is 0 Å². The Morgan fingerprint density at radius 2 is 1.89 bits per heavy atom. The zero-order valence-electron chi connectivity index (χ0n) is 19.2.